The lowest BCUT2D eigenvalue weighted by Crippen LogP contribution is -2.24. The summed E-state index contributed by atoms with van der Waals surface area (Å²) in [5.74, 6) is -1.20. The maximum absolute atomic E-state index is 13.5. The Balaban J connectivity index is 1.99. The average Bonchev–Trinajstić information content (AvgIpc) is 2.42. The van der Waals surface area contributed by atoms with Crippen molar-refractivity contribution in [2.75, 3.05) is 11.9 Å². The fourth-order valence-electron chi connectivity index (χ4n) is 1.47. The Kier molecular flexibility index (Phi) is 5.13. The molecule has 2 N–H and O–H groups in total. The fraction of sp³-hybridized carbons (Fsp3) is 0.0769. The molecule has 0 aliphatic rings. The van der Waals surface area contributed by atoms with Gasteiger partial charge in [-0.3, -0.25) is 9.59 Å². The van der Waals surface area contributed by atoms with Crippen molar-refractivity contribution in [2.45, 2.75) is 0 Å². The van der Waals surface area contributed by atoms with E-state index in [1.54, 1.807) is 6.07 Å². The molecule has 1 aromatic carbocycles. The number of H-pyrrole nitrogens is 1. The van der Waals surface area contributed by atoms with Crippen molar-refractivity contribution >= 4 is 43.5 Å². The molecule has 0 fully saturated rings. The molecule has 0 aliphatic heterocycles. The van der Waals surface area contributed by atoms with Gasteiger partial charge in [0, 0.05) is 15.1 Å². The second-order valence-corrected chi connectivity index (χ2v) is 5.80. The first-order valence-corrected chi connectivity index (χ1v) is 7.30. The molecular formula is C13H9Br2FN2O3. The van der Waals surface area contributed by atoms with Crippen LogP contribution in [0.5, 0.6) is 5.75 Å². The Morgan fingerprint density at radius 2 is 2.05 bits per heavy atom. The number of rotatable bonds is 4. The minimum atomic E-state index is -0.586. The third kappa shape index (κ3) is 4.40. The van der Waals surface area contributed by atoms with Crippen molar-refractivity contribution < 1.29 is 13.9 Å². The molecule has 0 spiro atoms. The van der Waals surface area contributed by atoms with Crippen LogP contribution in [-0.4, -0.2) is 17.5 Å². The van der Waals surface area contributed by atoms with Crippen molar-refractivity contribution in [3.05, 3.63) is 55.6 Å². The van der Waals surface area contributed by atoms with Crippen LogP contribution < -0.4 is 15.6 Å². The Morgan fingerprint density at radius 3 is 2.76 bits per heavy atom. The number of carbonyl (C=O) groups is 1. The van der Waals surface area contributed by atoms with E-state index in [1.165, 1.54) is 24.4 Å². The van der Waals surface area contributed by atoms with Gasteiger partial charge in [0.05, 0.1) is 0 Å². The van der Waals surface area contributed by atoms with E-state index in [2.05, 4.69) is 42.2 Å². The summed E-state index contributed by atoms with van der Waals surface area (Å²) in [5, 5.41) is 2.38. The van der Waals surface area contributed by atoms with Crippen LogP contribution in [0.25, 0.3) is 0 Å². The first kappa shape index (κ1) is 15.7. The summed E-state index contributed by atoms with van der Waals surface area (Å²) in [7, 11) is 0. The molecule has 1 heterocycles. The summed E-state index contributed by atoms with van der Waals surface area (Å²) in [6.45, 7) is -0.412. The van der Waals surface area contributed by atoms with Crippen molar-refractivity contribution in [1.29, 1.82) is 0 Å². The number of aromatic amines is 1. The van der Waals surface area contributed by atoms with Crippen LogP contribution in [0.2, 0.25) is 0 Å². The summed E-state index contributed by atoms with van der Waals surface area (Å²) >= 11 is 6.29. The van der Waals surface area contributed by atoms with Gasteiger partial charge in [-0.05, 0) is 40.2 Å². The molecule has 0 radical (unpaired) electrons. The molecule has 2 aromatic rings. The van der Waals surface area contributed by atoms with Gasteiger partial charge in [0.25, 0.3) is 11.5 Å². The number of hydrogen-bond acceptors (Lipinski definition) is 3. The van der Waals surface area contributed by atoms with Crippen molar-refractivity contribution in [1.82, 2.24) is 4.98 Å². The third-order valence-electron chi connectivity index (χ3n) is 2.39. The summed E-state index contributed by atoms with van der Waals surface area (Å²) in [4.78, 5) is 25.6. The number of carbonyl (C=O) groups excluding carboxylic acids is 1. The first-order valence-electron chi connectivity index (χ1n) is 5.71. The zero-order valence-electron chi connectivity index (χ0n) is 10.5. The molecule has 21 heavy (non-hydrogen) atoms. The van der Waals surface area contributed by atoms with Gasteiger partial charge in [0.15, 0.2) is 18.2 Å². The van der Waals surface area contributed by atoms with E-state index in [9.17, 15) is 14.0 Å². The van der Waals surface area contributed by atoms with Gasteiger partial charge in [-0.25, -0.2) is 4.39 Å². The van der Waals surface area contributed by atoms with E-state index < -0.39 is 23.9 Å². The minimum Gasteiger partial charge on any atom is -0.481 e. The molecule has 1 aromatic heterocycles. The predicted octanol–water partition coefficient (Wildman–Crippen LogP) is 3.06. The monoisotopic (exact) mass is 418 g/mol. The lowest BCUT2D eigenvalue weighted by atomic mass is 10.3. The van der Waals surface area contributed by atoms with Gasteiger partial charge in [0.2, 0.25) is 0 Å². The Hall–Kier alpha value is -1.67. The van der Waals surface area contributed by atoms with Gasteiger partial charge in [-0.15, -0.1) is 0 Å². The van der Waals surface area contributed by atoms with Crippen LogP contribution >= 0.6 is 31.9 Å². The normalized spacial score (nSPS) is 10.2. The van der Waals surface area contributed by atoms with Crippen molar-refractivity contribution in [3.8, 4) is 5.75 Å². The van der Waals surface area contributed by atoms with Crippen LogP contribution in [-0.2, 0) is 4.79 Å². The maximum atomic E-state index is 13.5. The van der Waals surface area contributed by atoms with Gasteiger partial charge >= 0.3 is 0 Å². The highest BCUT2D eigenvalue weighted by molar-refractivity contribution is 9.10. The number of hydrogen-bond donors (Lipinski definition) is 2. The summed E-state index contributed by atoms with van der Waals surface area (Å²) in [6, 6.07) is 5.68. The number of nitrogens with one attached hydrogen (secondary N) is 2. The van der Waals surface area contributed by atoms with E-state index in [0.29, 0.717) is 8.95 Å². The summed E-state index contributed by atoms with van der Waals surface area (Å²) in [5.41, 5.74) is -0.365. The molecule has 8 heteroatoms. The topological polar surface area (TPSA) is 71.2 Å². The second kappa shape index (κ2) is 6.86. The molecule has 0 saturated heterocycles. The van der Waals surface area contributed by atoms with Gasteiger partial charge in [-0.1, -0.05) is 15.9 Å². The fourth-order valence-corrected chi connectivity index (χ4v) is 2.15. The molecular weight excluding hydrogens is 411 g/mol. The van der Waals surface area contributed by atoms with Crippen LogP contribution in [0.1, 0.15) is 0 Å². The number of amides is 1. The molecule has 110 valence electrons. The lowest BCUT2D eigenvalue weighted by Gasteiger charge is -2.08. The van der Waals surface area contributed by atoms with Crippen LogP contribution in [0, 0.1) is 5.82 Å². The van der Waals surface area contributed by atoms with E-state index >= 15 is 0 Å². The lowest BCUT2D eigenvalue weighted by molar-refractivity contribution is -0.118. The SMILES string of the molecule is O=C(COc1ccc(Br)cc1F)Nc1cc(Br)c[nH]c1=O. The smallest absolute Gasteiger partial charge is 0.271 e. The van der Waals surface area contributed by atoms with Gasteiger partial charge in [0.1, 0.15) is 5.69 Å². The van der Waals surface area contributed by atoms with Crippen LogP contribution in [0.15, 0.2) is 44.2 Å². The Bertz CT molecular complexity index is 734. The molecule has 2 rings (SSSR count). The van der Waals surface area contributed by atoms with E-state index in [1.807, 2.05) is 0 Å². The Labute approximate surface area is 135 Å². The molecule has 0 unspecified atom stereocenters. The minimum absolute atomic E-state index is 0.0449. The van der Waals surface area contributed by atoms with E-state index in [0.717, 1.165) is 0 Å². The second-order valence-electron chi connectivity index (χ2n) is 3.97. The van der Waals surface area contributed by atoms with E-state index in [4.69, 9.17) is 4.74 Å². The maximum Gasteiger partial charge on any atom is 0.271 e. The highest BCUT2D eigenvalue weighted by Crippen LogP contribution is 2.21. The standard InChI is InChI=1S/C13H9Br2FN2O3/c14-7-1-2-11(9(16)3-7)21-6-12(19)18-10-4-8(15)5-17-13(10)20/h1-5H,6H2,(H,17,20)(H,18,19). The number of anilines is 1. The van der Waals surface area contributed by atoms with Gasteiger partial charge in [-0.2, -0.15) is 0 Å². The average molecular weight is 420 g/mol. The number of aromatic nitrogens is 1. The van der Waals surface area contributed by atoms with Crippen molar-refractivity contribution in [3.63, 3.8) is 0 Å². The Morgan fingerprint density at radius 1 is 1.29 bits per heavy atom. The highest BCUT2D eigenvalue weighted by Gasteiger charge is 2.09. The van der Waals surface area contributed by atoms with Gasteiger partial charge < -0.3 is 15.0 Å². The molecule has 0 bridgehead atoms. The molecule has 0 atom stereocenters. The van der Waals surface area contributed by atoms with E-state index in [-0.39, 0.29) is 11.4 Å². The summed E-state index contributed by atoms with van der Waals surface area (Å²) < 4.78 is 19.7. The molecule has 5 nitrogen and oxygen atoms in total. The predicted molar refractivity (Wildman–Crippen MR) is 83.0 cm³/mol. The first-order chi connectivity index (χ1) is 9.95. The third-order valence-corrected chi connectivity index (χ3v) is 3.35. The largest absolute Gasteiger partial charge is 0.481 e. The number of halogens is 3. The zero-order valence-corrected chi connectivity index (χ0v) is 13.6. The highest BCUT2D eigenvalue weighted by atomic mass is 79.9. The summed E-state index contributed by atoms with van der Waals surface area (Å²) in [6.07, 6.45) is 1.45. The molecule has 0 aliphatic carbocycles. The number of ether oxygens (including phenoxy) is 1. The van der Waals surface area contributed by atoms with Crippen LogP contribution in [0.4, 0.5) is 10.1 Å². The van der Waals surface area contributed by atoms with Crippen LogP contribution in [0.3, 0.4) is 0 Å². The quantitative estimate of drug-likeness (QED) is 0.799. The number of benzene rings is 1. The number of pyridine rings is 1. The zero-order chi connectivity index (χ0) is 15.4. The molecule has 0 saturated carbocycles. The molecule has 1 amide bonds. The van der Waals surface area contributed by atoms with Crippen molar-refractivity contribution in [2.24, 2.45) is 0 Å².